The molecule has 0 bridgehead atoms. The summed E-state index contributed by atoms with van der Waals surface area (Å²) in [5, 5.41) is 0. The van der Waals surface area contributed by atoms with Gasteiger partial charge in [0.2, 0.25) is 0 Å². The van der Waals surface area contributed by atoms with Crippen molar-refractivity contribution in [1.29, 1.82) is 0 Å². The Morgan fingerprint density at radius 1 is 1.10 bits per heavy atom. The first-order valence-electron chi connectivity index (χ1n) is 8.68. The van der Waals surface area contributed by atoms with Gasteiger partial charge in [-0.05, 0) is 66.9 Å². The molecule has 0 amide bonds. The van der Waals surface area contributed by atoms with E-state index in [-0.39, 0.29) is 0 Å². The molecule has 2 saturated carbocycles. The molecule has 1 heteroatoms. The Morgan fingerprint density at radius 2 is 1.95 bits per heavy atom. The Bertz CT molecular complexity index is 395. The quantitative estimate of drug-likeness (QED) is 0.675. The van der Waals surface area contributed by atoms with Gasteiger partial charge in [-0.3, -0.25) is 0 Å². The molecule has 0 spiro atoms. The number of rotatable bonds is 3. The van der Waals surface area contributed by atoms with E-state index >= 15 is 0 Å². The second-order valence-corrected chi connectivity index (χ2v) is 7.46. The Hall–Kier alpha value is -0.720. The average Bonchev–Trinajstić information content (AvgIpc) is 2.83. The van der Waals surface area contributed by atoms with Crippen molar-refractivity contribution >= 4 is 0 Å². The molecule has 20 heavy (non-hydrogen) atoms. The minimum atomic E-state index is 0.747. The average molecular weight is 274 g/mol. The normalized spacial score (nSPS) is 41.0. The molecule has 112 valence electrons. The first-order valence-corrected chi connectivity index (χ1v) is 8.68. The van der Waals surface area contributed by atoms with Crippen LogP contribution in [0, 0.1) is 29.6 Å². The lowest BCUT2D eigenvalue weighted by Crippen LogP contribution is -2.39. The summed E-state index contributed by atoms with van der Waals surface area (Å²) in [6, 6.07) is 0. The molecule has 0 aromatic heterocycles. The first kappa shape index (κ1) is 14.2. The van der Waals surface area contributed by atoms with Gasteiger partial charge in [-0.1, -0.05) is 39.7 Å². The fourth-order valence-electron chi connectivity index (χ4n) is 5.16. The van der Waals surface area contributed by atoms with Gasteiger partial charge in [-0.2, -0.15) is 0 Å². The van der Waals surface area contributed by atoms with Crippen LogP contribution in [-0.4, -0.2) is 6.61 Å². The van der Waals surface area contributed by atoms with Crippen LogP contribution in [0.15, 0.2) is 24.0 Å². The summed E-state index contributed by atoms with van der Waals surface area (Å²) < 4.78 is 5.47. The van der Waals surface area contributed by atoms with Crippen LogP contribution in [0.4, 0.5) is 0 Å². The van der Waals surface area contributed by atoms with Crippen molar-refractivity contribution < 1.29 is 4.74 Å². The van der Waals surface area contributed by atoms with E-state index in [1.54, 1.807) is 0 Å². The molecule has 1 nitrogen and oxygen atoms in total. The lowest BCUT2D eigenvalue weighted by atomic mass is 9.58. The van der Waals surface area contributed by atoms with Crippen molar-refractivity contribution in [3.8, 4) is 0 Å². The number of ether oxygens (including phenoxy) is 1. The zero-order valence-corrected chi connectivity index (χ0v) is 13.2. The molecule has 0 N–H and O–H groups in total. The van der Waals surface area contributed by atoms with Crippen LogP contribution in [0.5, 0.6) is 0 Å². The Balaban J connectivity index is 1.65. The summed E-state index contributed by atoms with van der Waals surface area (Å²) in [5.74, 6) is 5.76. The van der Waals surface area contributed by atoms with E-state index in [0.29, 0.717) is 0 Å². The summed E-state index contributed by atoms with van der Waals surface area (Å²) in [6.07, 6.45) is 12.1. The van der Waals surface area contributed by atoms with Crippen molar-refractivity contribution in [2.75, 3.05) is 6.61 Å². The van der Waals surface area contributed by atoms with Gasteiger partial charge in [0.05, 0.1) is 0 Å². The summed E-state index contributed by atoms with van der Waals surface area (Å²) in [7, 11) is 0. The molecule has 0 aromatic rings. The van der Waals surface area contributed by atoms with Gasteiger partial charge < -0.3 is 4.74 Å². The molecular weight excluding hydrogens is 244 g/mol. The zero-order valence-electron chi connectivity index (χ0n) is 13.2. The van der Waals surface area contributed by atoms with E-state index in [2.05, 4.69) is 26.5 Å². The molecule has 1 heterocycles. The third kappa shape index (κ3) is 2.69. The fourth-order valence-corrected chi connectivity index (χ4v) is 5.16. The van der Waals surface area contributed by atoms with Crippen LogP contribution in [0.1, 0.15) is 58.8 Å². The third-order valence-corrected chi connectivity index (χ3v) is 6.41. The zero-order chi connectivity index (χ0) is 14.1. The van der Waals surface area contributed by atoms with E-state index in [1.165, 1.54) is 50.5 Å². The Morgan fingerprint density at radius 3 is 2.70 bits per heavy atom. The van der Waals surface area contributed by atoms with E-state index in [0.717, 1.165) is 42.0 Å². The highest BCUT2D eigenvalue weighted by atomic mass is 16.5. The maximum Gasteiger partial charge on any atom is 0.115 e. The predicted molar refractivity (Wildman–Crippen MR) is 84.3 cm³/mol. The molecule has 5 unspecified atom stereocenters. The minimum absolute atomic E-state index is 0.747. The lowest BCUT2D eigenvalue weighted by molar-refractivity contribution is 0.0245. The van der Waals surface area contributed by atoms with Crippen molar-refractivity contribution in [3.63, 3.8) is 0 Å². The van der Waals surface area contributed by atoms with Gasteiger partial charge in [0.1, 0.15) is 12.4 Å². The highest BCUT2D eigenvalue weighted by molar-refractivity contribution is 5.27. The number of hydrogen-bond acceptors (Lipinski definition) is 1. The van der Waals surface area contributed by atoms with Crippen LogP contribution in [0.3, 0.4) is 0 Å². The van der Waals surface area contributed by atoms with Gasteiger partial charge in [-0.25, -0.2) is 0 Å². The van der Waals surface area contributed by atoms with Gasteiger partial charge in [-0.15, -0.1) is 0 Å². The van der Waals surface area contributed by atoms with Crippen LogP contribution < -0.4 is 0 Å². The molecule has 2 fully saturated rings. The summed E-state index contributed by atoms with van der Waals surface area (Å²) in [6.45, 7) is 9.76. The topological polar surface area (TPSA) is 9.23 Å². The van der Waals surface area contributed by atoms with Crippen molar-refractivity contribution in [3.05, 3.63) is 24.0 Å². The lowest BCUT2D eigenvalue weighted by Gasteiger charge is -2.47. The maximum atomic E-state index is 5.47. The largest absolute Gasteiger partial charge is 0.490 e. The van der Waals surface area contributed by atoms with E-state index < -0.39 is 0 Å². The summed E-state index contributed by atoms with van der Waals surface area (Å²) >= 11 is 0. The molecule has 0 saturated heterocycles. The second-order valence-electron chi connectivity index (χ2n) is 7.46. The van der Waals surface area contributed by atoms with Gasteiger partial charge >= 0.3 is 0 Å². The predicted octanol–water partition coefficient (Wildman–Crippen LogP) is 5.34. The van der Waals surface area contributed by atoms with E-state index in [4.69, 9.17) is 4.74 Å². The minimum Gasteiger partial charge on any atom is -0.490 e. The van der Waals surface area contributed by atoms with Crippen LogP contribution >= 0.6 is 0 Å². The molecule has 2 aliphatic carbocycles. The summed E-state index contributed by atoms with van der Waals surface area (Å²) in [5.41, 5.74) is 1.38. The molecule has 5 atom stereocenters. The molecular formula is C19H30O. The highest BCUT2D eigenvalue weighted by Gasteiger charge is 2.41. The standard InChI is InChI=1S/C19H30O/c1-13-5-4-6-19-17(13)9-7-14(2)18(19)10-8-16-11-12-20-15(16)3/h11,13-14,17-19H,3-10,12H2,1-2H3. The van der Waals surface area contributed by atoms with E-state index in [1.807, 2.05) is 0 Å². The fraction of sp³-hybridized carbons (Fsp3) is 0.789. The summed E-state index contributed by atoms with van der Waals surface area (Å²) in [4.78, 5) is 0. The SMILES string of the molecule is C=C1OCC=C1CCC1C(C)CCC2C(C)CCCC12. The van der Waals surface area contributed by atoms with E-state index in [9.17, 15) is 0 Å². The smallest absolute Gasteiger partial charge is 0.115 e. The van der Waals surface area contributed by atoms with Crippen LogP contribution in [-0.2, 0) is 4.74 Å². The van der Waals surface area contributed by atoms with Gasteiger partial charge in [0, 0.05) is 0 Å². The van der Waals surface area contributed by atoms with Crippen LogP contribution in [0.2, 0.25) is 0 Å². The molecule has 3 rings (SSSR count). The van der Waals surface area contributed by atoms with Crippen LogP contribution in [0.25, 0.3) is 0 Å². The van der Waals surface area contributed by atoms with Crippen molar-refractivity contribution in [2.45, 2.75) is 58.8 Å². The number of hydrogen-bond donors (Lipinski definition) is 0. The molecule has 3 aliphatic rings. The second kappa shape index (κ2) is 5.95. The Labute approximate surface area is 124 Å². The Kier molecular flexibility index (Phi) is 4.23. The number of fused-ring (bicyclic) bond motifs is 1. The van der Waals surface area contributed by atoms with Gasteiger partial charge in [0.15, 0.2) is 0 Å². The number of allylic oxidation sites excluding steroid dienone is 1. The van der Waals surface area contributed by atoms with Crippen molar-refractivity contribution in [1.82, 2.24) is 0 Å². The van der Waals surface area contributed by atoms with Crippen molar-refractivity contribution in [2.24, 2.45) is 29.6 Å². The monoisotopic (exact) mass is 274 g/mol. The maximum absolute atomic E-state index is 5.47. The third-order valence-electron chi connectivity index (χ3n) is 6.41. The molecule has 0 radical (unpaired) electrons. The highest BCUT2D eigenvalue weighted by Crippen LogP contribution is 2.50. The van der Waals surface area contributed by atoms with Gasteiger partial charge in [0.25, 0.3) is 0 Å². The molecule has 0 aromatic carbocycles. The first-order chi connectivity index (χ1) is 9.66. The molecule has 1 aliphatic heterocycles.